The third-order valence-corrected chi connectivity index (χ3v) is 7.74. The number of thiazole rings is 1. The molecule has 1 saturated carbocycles. The highest BCUT2D eigenvalue weighted by atomic mass is 32.2. The summed E-state index contributed by atoms with van der Waals surface area (Å²) >= 11 is 0.679. The van der Waals surface area contributed by atoms with Crippen LogP contribution < -0.4 is 14.5 Å². The topological polar surface area (TPSA) is 120 Å². The smallest absolute Gasteiger partial charge is 0.330 e. The third kappa shape index (κ3) is 5.17. The molecule has 9 nitrogen and oxygen atoms in total. The maximum atomic E-state index is 13.8. The lowest BCUT2D eigenvalue weighted by Gasteiger charge is -2.32. The molecular formula is C18H20F2N4O5S2. The van der Waals surface area contributed by atoms with Gasteiger partial charge in [-0.05, 0) is 25.0 Å². The fraction of sp³-hybridized carbons (Fsp3) is 0.389. The van der Waals surface area contributed by atoms with Crippen molar-refractivity contribution >= 4 is 44.2 Å². The number of sulfonamides is 1. The summed E-state index contributed by atoms with van der Waals surface area (Å²) in [5, 5.41) is 8.70. The molecular weight excluding hydrogens is 454 g/mol. The number of carbonyl (C=O) groups is 2. The molecule has 2 amide bonds. The number of nitrogens with zero attached hydrogens (tertiary/aromatic N) is 3. The largest absolute Gasteiger partial charge is 0.480 e. The van der Waals surface area contributed by atoms with Crippen molar-refractivity contribution in [1.82, 2.24) is 9.71 Å². The van der Waals surface area contributed by atoms with Gasteiger partial charge in [0, 0.05) is 24.8 Å². The molecule has 0 bridgehead atoms. The minimum atomic E-state index is -4.11. The highest BCUT2D eigenvalue weighted by molar-refractivity contribution is 7.91. The van der Waals surface area contributed by atoms with Crippen LogP contribution in [-0.2, 0) is 14.8 Å². The molecule has 1 aromatic carbocycles. The molecule has 1 heterocycles. The second-order valence-corrected chi connectivity index (χ2v) is 9.93. The molecule has 0 atom stereocenters. The van der Waals surface area contributed by atoms with Crippen LogP contribution in [0.2, 0.25) is 0 Å². The number of aliphatic carboxylic acids is 1. The molecule has 0 unspecified atom stereocenters. The number of anilines is 2. The van der Waals surface area contributed by atoms with E-state index in [1.54, 1.807) is 0 Å². The van der Waals surface area contributed by atoms with Crippen molar-refractivity contribution < 1.29 is 31.9 Å². The van der Waals surface area contributed by atoms with Crippen LogP contribution in [0.5, 0.6) is 0 Å². The first-order valence-corrected chi connectivity index (χ1v) is 11.6. The van der Waals surface area contributed by atoms with Gasteiger partial charge < -0.3 is 5.11 Å². The Bertz CT molecular complexity index is 1090. The Morgan fingerprint density at radius 2 is 1.94 bits per heavy atom. The summed E-state index contributed by atoms with van der Waals surface area (Å²) in [6, 6.07) is 2.42. The van der Waals surface area contributed by atoms with E-state index in [9.17, 15) is 26.8 Å². The maximum Gasteiger partial charge on any atom is 0.330 e. The van der Waals surface area contributed by atoms with Gasteiger partial charge in [-0.25, -0.2) is 27.0 Å². The Kier molecular flexibility index (Phi) is 6.86. The monoisotopic (exact) mass is 474 g/mol. The molecule has 1 aliphatic carbocycles. The lowest BCUT2D eigenvalue weighted by atomic mass is 10.1. The van der Waals surface area contributed by atoms with Gasteiger partial charge in [0.05, 0.1) is 6.20 Å². The average Bonchev–Trinajstić information content (AvgIpc) is 3.41. The molecule has 3 rings (SSSR count). The SMILES string of the molecule is CN(C(=O)N(c1ccc(F)c(F)c1)C1CCCC1)c1ncc(S(=O)(=O)NCC(=O)O)s1. The molecule has 0 radical (unpaired) electrons. The van der Waals surface area contributed by atoms with E-state index in [2.05, 4.69) is 4.98 Å². The number of hydrogen-bond donors (Lipinski definition) is 2. The zero-order valence-electron chi connectivity index (χ0n) is 16.4. The molecule has 1 aliphatic rings. The summed E-state index contributed by atoms with van der Waals surface area (Å²) in [7, 11) is -2.72. The van der Waals surface area contributed by atoms with Crippen LogP contribution in [0.15, 0.2) is 28.6 Å². The number of carbonyl (C=O) groups excluding carboxylic acids is 1. The lowest BCUT2D eigenvalue weighted by molar-refractivity contribution is -0.135. The van der Waals surface area contributed by atoms with Gasteiger partial charge in [0.2, 0.25) is 0 Å². The van der Waals surface area contributed by atoms with Crippen molar-refractivity contribution in [2.24, 2.45) is 0 Å². The summed E-state index contributed by atoms with van der Waals surface area (Å²) in [6.45, 7) is -0.796. The molecule has 2 N–H and O–H groups in total. The summed E-state index contributed by atoms with van der Waals surface area (Å²) < 4.78 is 53.2. The van der Waals surface area contributed by atoms with E-state index in [1.165, 1.54) is 18.0 Å². The molecule has 1 aromatic heterocycles. The predicted molar refractivity (Wildman–Crippen MR) is 110 cm³/mol. The van der Waals surface area contributed by atoms with Crippen molar-refractivity contribution in [2.75, 3.05) is 23.4 Å². The van der Waals surface area contributed by atoms with E-state index < -0.39 is 40.2 Å². The molecule has 0 saturated heterocycles. The van der Waals surface area contributed by atoms with Crippen molar-refractivity contribution in [2.45, 2.75) is 35.9 Å². The lowest BCUT2D eigenvalue weighted by Crippen LogP contribution is -2.46. The number of urea groups is 1. The van der Waals surface area contributed by atoms with E-state index in [0.717, 1.165) is 36.1 Å². The Morgan fingerprint density at radius 1 is 1.26 bits per heavy atom. The van der Waals surface area contributed by atoms with Crippen LogP contribution in [-0.4, -0.2) is 50.1 Å². The minimum Gasteiger partial charge on any atom is -0.480 e. The van der Waals surface area contributed by atoms with Crippen LogP contribution in [0.1, 0.15) is 25.7 Å². The summed E-state index contributed by atoms with van der Waals surface area (Å²) in [5.41, 5.74) is 0.190. The van der Waals surface area contributed by atoms with Gasteiger partial charge in [0.15, 0.2) is 21.0 Å². The second kappa shape index (κ2) is 9.24. The van der Waals surface area contributed by atoms with Crippen LogP contribution in [0.3, 0.4) is 0 Å². The fourth-order valence-corrected chi connectivity index (χ4v) is 5.37. The zero-order chi connectivity index (χ0) is 22.8. The number of aromatic nitrogens is 1. The average molecular weight is 475 g/mol. The van der Waals surface area contributed by atoms with Gasteiger partial charge in [-0.1, -0.05) is 24.2 Å². The van der Waals surface area contributed by atoms with E-state index in [4.69, 9.17) is 5.11 Å². The number of benzene rings is 1. The summed E-state index contributed by atoms with van der Waals surface area (Å²) in [6.07, 6.45) is 4.17. The number of carboxylic acid groups (broad SMARTS) is 1. The molecule has 0 spiro atoms. The summed E-state index contributed by atoms with van der Waals surface area (Å²) in [4.78, 5) is 30.3. The Balaban J connectivity index is 1.87. The van der Waals surface area contributed by atoms with E-state index in [-0.39, 0.29) is 21.1 Å². The molecule has 0 aliphatic heterocycles. The van der Waals surface area contributed by atoms with Gasteiger partial charge in [-0.15, -0.1) is 0 Å². The molecule has 31 heavy (non-hydrogen) atoms. The number of carboxylic acids is 1. The Labute approximate surface area is 181 Å². The number of rotatable bonds is 7. The number of nitrogens with one attached hydrogen (secondary N) is 1. The predicted octanol–water partition coefficient (Wildman–Crippen LogP) is 2.79. The molecule has 168 valence electrons. The highest BCUT2D eigenvalue weighted by Gasteiger charge is 2.32. The van der Waals surface area contributed by atoms with Gasteiger partial charge in [0.25, 0.3) is 10.0 Å². The van der Waals surface area contributed by atoms with Crippen molar-refractivity contribution in [3.63, 3.8) is 0 Å². The van der Waals surface area contributed by atoms with E-state index >= 15 is 0 Å². The molecule has 2 aromatic rings. The first kappa shape index (κ1) is 23.0. The number of halogens is 2. The van der Waals surface area contributed by atoms with Crippen LogP contribution in [0, 0.1) is 11.6 Å². The fourth-order valence-electron chi connectivity index (χ4n) is 3.28. The van der Waals surface area contributed by atoms with Gasteiger partial charge in [-0.2, -0.15) is 4.72 Å². The van der Waals surface area contributed by atoms with Gasteiger partial charge in [0.1, 0.15) is 6.54 Å². The zero-order valence-corrected chi connectivity index (χ0v) is 18.0. The second-order valence-electron chi connectivity index (χ2n) is 6.93. The van der Waals surface area contributed by atoms with Crippen molar-refractivity contribution in [3.05, 3.63) is 36.0 Å². The van der Waals surface area contributed by atoms with Crippen molar-refractivity contribution in [3.8, 4) is 0 Å². The highest BCUT2D eigenvalue weighted by Crippen LogP contribution is 2.32. The molecule has 1 fully saturated rings. The first-order valence-electron chi connectivity index (χ1n) is 9.29. The number of amides is 2. The Morgan fingerprint density at radius 3 is 2.55 bits per heavy atom. The van der Waals surface area contributed by atoms with E-state index in [0.29, 0.717) is 24.2 Å². The summed E-state index contributed by atoms with van der Waals surface area (Å²) in [5.74, 6) is -3.46. The van der Waals surface area contributed by atoms with Crippen molar-refractivity contribution in [1.29, 1.82) is 0 Å². The maximum absolute atomic E-state index is 13.8. The van der Waals surface area contributed by atoms with Crippen LogP contribution in [0.4, 0.5) is 24.4 Å². The quantitative estimate of drug-likeness (QED) is 0.637. The third-order valence-electron chi connectivity index (χ3n) is 4.80. The Hall–Kier alpha value is -2.64. The number of hydrogen-bond acceptors (Lipinski definition) is 6. The van der Waals surface area contributed by atoms with Crippen LogP contribution in [0.25, 0.3) is 0 Å². The van der Waals surface area contributed by atoms with Gasteiger partial charge in [-0.3, -0.25) is 14.6 Å². The first-order chi connectivity index (χ1) is 14.6. The molecule has 13 heteroatoms. The van der Waals surface area contributed by atoms with Gasteiger partial charge >= 0.3 is 12.0 Å². The normalized spacial score (nSPS) is 14.5. The standard InChI is InChI=1S/C18H20F2N4O5S2/c1-23(17-21-10-16(30-17)31(28,29)22-9-15(25)26)18(27)24(11-4-2-3-5-11)12-6-7-13(19)14(20)8-12/h6-8,10-11,22H,2-5,9H2,1H3,(H,25,26). The minimum absolute atomic E-state index is 0.0475. The van der Waals surface area contributed by atoms with E-state index in [1.807, 2.05) is 4.72 Å². The van der Waals surface area contributed by atoms with Crippen LogP contribution >= 0.6 is 11.3 Å².